The average molecular weight is 367 g/mol. The SMILES string of the molecule is CC(C)(C)C(=O)OCn1c(-c2cncs2)nc2c(Cl)nc(N)nc21. The van der Waals surface area contributed by atoms with Gasteiger partial charge in [0.1, 0.15) is 5.52 Å². The van der Waals surface area contributed by atoms with Gasteiger partial charge in [-0.15, -0.1) is 11.3 Å². The van der Waals surface area contributed by atoms with Crippen LogP contribution in [0.3, 0.4) is 0 Å². The minimum absolute atomic E-state index is 0.0200. The van der Waals surface area contributed by atoms with Crippen LogP contribution in [0.1, 0.15) is 20.8 Å². The van der Waals surface area contributed by atoms with Crippen LogP contribution in [0.25, 0.3) is 21.9 Å². The second-order valence-corrected chi connectivity index (χ2v) is 7.33. The van der Waals surface area contributed by atoms with E-state index < -0.39 is 5.41 Å². The molecule has 8 nitrogen and oxygen atoms in total. The zero-order valence-corrected chi connectivity index (χ0v) is 14.9. The van der Waals surface area contributed by atoms with E-state index in [2.05, 4.69) is 19.9 Å². The number of esters is 1. The minimum atomic E-state index is -0.618. The highest BCUT2D eigenvalue weighted by Gasteiger charge is 2.25. The lowest BCUT2D eigenvalue weighted by Gasteiger charge is -2.17. The molecule has 2 N–H and O–H groups in total. The Kier molecular flexibility index (Phi) is 4.14. The summed E-state index contributed by atoms with van der Waals surface area (Å²) in [6.45, 7) is 5.28. The first kappa shape index (κ1) is 16.6. The number of nitrogens with two attached hydrogens (primary N) is 1. The van der Waals surface area contributed by atoms with Crippen molar-refractivity contribution in [3.63, 3.8) is 0 Å². The maximum absolute atomic E-state index is 12.1. The van der Waals surface area contributed by atoms with E-state index in [1.165, 1.54) is 11.3 Å². The Morgan fingerprint density at radius 1 is 1.38 bits per heavy atom. The summed E-state index contributed by atoms with van der Waals surface area (Å²) in [7, 11) is 0. The molecule has 0 aliphatic carbocycles. The van der Waals surface area contributed by atoms with E-state index in [0.29, 0.717) is 17.0 Å². The summed E-state index contributed by atoms with van der Waals surface area (Å²) >= 11 is 7.52. The van der Waals surface area contributed by atoms with E-state index in [-0.39, 0.29) is 23.8 Å². The summed E-state index contributed by atoms with van der Waals surface area (Å²) in [6, 6.07) is 0. The summed E-state index contributed by atoms with van der Waals surface area (Å²) in [5, 5.41) is 0.143. The molecule has 3 aromatic heterocycles. The Morgan fingerprint density at radius 3 is 2.75 bits per heavy atom. The normalized spacial score (nSPS) is 11.8. The zero-order chi connectivity index (χ0) is 17.5. The summed E-state index contributed by atoms with van der Waals surface area (Å²) in [4.78, 5) is 29.5. The molecular formula is C14H15ClN6O2S. The third kappa shape index (κ3) is 3.04. The first-order valence-corrected chi connectivity index (χ1v) is 8.28. The Bertz CT molecular complexity index is 900. The number of aromatic nitrogens is 5. The number of hydrogen-bond donors (Lipinski definition) is 1. The molecule has 10 heteroatoms. The van der Waals surface area contributed by atoms with Crippen LogP contribution in [0.15, 0.2) is 11.7 Å². The lowest BCUT2D eigenvalue weighted by Crippen LogP contribution is -2.24. The van der Waals surface area contributed by atoms with Crippen LogP contribution in [-0.2, 0) is 16.3 Å². The molecule has 0 aliphatic rings. The number of rotatable bonds is 3. The van der Waals surface area contributed by atoms with E-state index in [9.17, 15) is 4.79 Å². The molecule has 0 aliphatic heterocycles. The third-order valence-corrected chi connectivity index (χ3v) is 4.19. The molecule has 3 rings (SSSR count). The molecule has 0 saturated carbocycles. The predicted molar refractivity (Wildman–Crippen MR) is 91.4 cm³/mol. The maximum Gasteiger partial charge on any atom is 0.312 e. The molecule has 0 saturated heterocycles. The van der Waals surface area contributed by atoms with Gasteiger partial charge in [-0.25, -0.2) is 4.98 Å². The minimum Gasteiger partial charge on any atom is -0.443 e. The summed E-state index contributed by atoms with van der Waals surface area (Å²) in [5.74, 6) is 0.218. The van der Waals surface area contributed by atoms with Crippen molar-refractivity contribution >= 4 is 46.0 Å². The maximum atomic E-state index is 12.1. The summed E-state index contributed by atoms with van der Waals surface area (Å²) < 4.78 is 7.04. The number of anilines is 1. The Hall–Kier alpha value is -2.26. The highest BCUT2D eigenvalue weighted by molar-refractivity contribution is 7.13. The standard InChI is InChI=1S/C14H15ClN6O2S/c1-14(2,3)12(22)23-6-21-10(7-4-17-5-24-7)18-8-9(15)19-13(16)20-11(8)21/h4-5H,6H2,1-3H3,(H2,16,19,20). The van der Waals surface area contributed by atoms with E-state index in [1.807, 2.05) is 0 Å². The molecule has 24 heavy (non-hydrogen) atoms. The van der Waals surface area contributed by atoms with Crippen LogP contribution in [0, 0.1) is 5.41 Å². The fourth-order valence-corrected chi connectivity index (χ4v) is 2.79. The Labute approximate surface area is 146 Å². The highest BCUT2D eigenvalue weighted by atomic mass is 35.5. The number of nitrogens with zero attached hydrogens (tertiary/aromatic N) is 5. The van der Waals surface area contributed by atoms with Crippen molar-refractivity contribution in [1.29, 1.82) is 0 Å². The van der Waals surface area contributed by atoms with E-state index in [0.717, 1.165) is 4.88 Å². The van der Waals surface area contributed by atoms with E-state index in [1.54, 1.807) is 37.0 Å². The molecule has 3 heterocycles. The number of ether oxygens (including phenoxy) is 1. The molecule has 0 aromatic carbocycles. The second-order valence-electron chi connectivity index (χ2n) is 6.08. The predicted octanol–water partition coefficient (Wildman–Crippen LogP) is 2.73. The van der Waals surface area contributed by atoms with Crippen LogP contribution in [0.5, 0.6) is 0 Å². The number of hydrogen-bond acceptors (Lipinski definition) is 8. The van der Waals surface area contributed by atoms with Gasteiger partial charge in [-0.2, -0.15) is 9.97 Å². The molecule has 126 valence electrons. The van der Waals surface area contributed by atoms with Gasteiger partial charge < -0.3 is 10.5 Å². The molecule has 0 fully saturated rings. The molecule has 0 bridgehead atoms. The quantitative estimate of drug-likeness (QED) is 0.560. The summed E-state index contributed by atoms with van der Waals surface area (Å²) in [5.41, 5.74) is 7.54. The largest absolute Gasteiger partial charge is 0.443 e. The third-order valence-electron chi connectivity index (χ3n) is 3.16. The number of nitrogen functional groups attached to an aromatic ring is 1. The zero-order valence-electron chi connectivity index (χ0n) is 13.3. The van der Waals surface area contributed by atoms with Crippen molar-refractivity contribution < 1.29 is 9.53 Å². The molecule has 0 radical (unpaired) electrons. The van der Waals surface area contributed by atoms with Crippen molar-refractivity contribution in [3.8, 4) is 10.7 Å². The number of carbonyl (C=O) groups excluding carboxylic acids is 1. The number of imidazole rings is 1. The first-order chi connectivity index (χ1) is 11.3. The first-order valence-electron chi connectivity index (χ1n) is 7.02. The van der Waals surface area contributed by atoms with Gasteiger partial charge in [0.15, 0.2) is 23.4 Å². The van der Waals surface area contributed by atoms with Gasteiger partial charge in [0.05, 0.1) is 15.8 Å². The van der Waals surface area contributed by atoms with Gasteiger partial charge in [-0.05, 0) is 20.8 Å². The highest BCUT2D eigenvalue weighted by Crippen LogP contribution is 2.30. The van der Waals surface area contributed by atoms with Crippen molar-refractivity contribution in [1.82, 2.24) is 24.5 Å². The molecule has 0 unspecified atom stereocenters. The van der Waals surface area contributed by atoms with Gasteiger partial charge in [-0.3, -0.25) is 14.3 Å². The second kappa shape index (κ2) is 5.99. The van der Waals surface area contributed by atoms with E-state index >= 15 is 0 Å². The van der Waals surface area contributed by atoms with Gasteiger partial charge >= 0.3 is 5.97 Å². The van der Waals surface area contributed by atoms with Crippen LogP contribution in [0.4, 0.5) is 5.95 Å². The molecule has 0 amide bonds. The molecule has 3 aromatic rings. The smallest absolute Gasteiger partial charge is 0.312 e. The molecule has 0 atom stereocenters. The average Bonchev–Trinajstić information content (AvgIpc) is 3.10. The van der Waals surface area contributed by atoms with Crippen molar-refractivity contribution in [2.45, 2.75) is 27.5 Å². The monoisotopic (exact) mass is 366 g/mol. The molecule has 0 spiro atoms. The van der Waals surface area contributed by atoms with Gasteiger partial charge in [0.25, 0.3) is 0 Å². The number of fused-ring (bicyclic) bond motifs is 1. The number of thiazole rings is 1. The van der Waals surface area contributed by atoms with Crippen LogP contribution in [0.2, 0.25) is 5.15 Å². The Balaban J connectivity index is 2.09. The lowest BCUT2D eigenvalue weighted by molar-refractivity contribution is -0.156. The van der Waals surface area contributed by atoms with Crippen molar-refractivity contribution in [2.75, 3.05) is 5.73 Å². The van der Waals surface area contributed by atoms with Crippen LogP contribution in [-0.4, -0.2) is 30.5 Å². The summed E-state index contributed by atoms with van der Waals surface area (Å²) in [6.07, 6.45) is 1.67. The van der Waals surface area contributed by atoms with Gasteiger partial charge in [-0.1, -0.05) is 11.6 Å². The number of halogens is 1. The van der Waals surface area contributed by atoms with Gasteiger partial charge in [0, 0.05) is 6.20 Å². The lowest BCUT2D eigenvalue weighted by atomic mass is 9.98. The number of carbonyl (C=O) groups is 1. The fraction of sp³-hybridized carbons (Fsp3) is 0.357. The van der Waals surface area contributed by atoms with Crippen LogP contribution < -0.4 is 5.73 Å². The molecular weight excluding hydrogens is 352 g/mol. The van der Waals surface area contributed by atoms with Gasteiger partial charge in [0.2, 0.25) is 5.95 Å². The Morgan fingerprint density at radius 2 is 2.12 bits per heavy atom. The van der Waals surface area contributed by atoms with E-state index in [4.69, 9.17) is 22.1 Å². The topological polar surface area (TPSA) is 109 Å². The van der Waals surface area contributed by atoms with Crippen LogP contribution >= 0.6 is 22.9 Å². The van der Waals surface area contributed by atoms with Crippen molar-refractivity contribution in [2.24, 2.45) is 5.41 Å². The fourth-order valence-electron chi connectivity index (χ4n) is 1.96. The van der Waals surface area contributed by atoms with Crippen molar-refractivity contribution in [3.05, 3.63) is 16.9 Å².